The summed E-state index contributed by atoms with van der Waals surface area (Å²) >= 11 is 0. The zero-order chi connectivity index (χ0) is 12.4. The third-order valence-electron chi connectivity index (χ3n) is 2.31. The van der Waals surface area contributed by atoms with E-state index in [0.717, 1.165) is 11.8 Å². The Kier molecular flexibility index (Phi) is 2.82. The van der Waals surface area contributed by atoms with Crippen LogP contribution in [0.1, 0.15) is 16.1 Å². The van der Waals surface area contributed by atoms with Gasteiger partial charge in [0.2, 0.25) is 5.89 Å². The van der Waals surface area contributed by atoms with Crippen molar-refractivity contribution in [3.8, 4) is 17.2 Å². The fourth-order valence-electron chi connectivity index (χ4n) is 1.47. The van der Waals surface area contributed by atoms with E-state index in [-0.39, 0.29) is 11.6 Å². The van der Waals surface area contributed by atoms with Crippen LogP contribution in [0.3, 0.4) is 0 Å². The van der Waals surface area contributed by atoms with Gasteiger partial charge < -0.3 is 14.3 Å². The van der Waals surface area contributed by atoms with Crippen LogP contribution >= 0.6 is 0 Å². The summed E-state index contributed by atoms with van der Waals surface area (Å²) < 4.78 is 10.3. The molecule has 0 radical (unpaired) electrons. The van der Waals surface area contributed by atoms with Gasteiger partial charge in [-0.2, -0.15) is 0 Å². The van der Waals surface area contributed by atoms with Gasteiger partial charge in [-0.15, -0.1) is 0 Å². The Morgan fingerprint density at radius 1 is 1.47 bits per heavy atom. The maximum Gasteiger partial charge on any atom is 0.357 e. The van der Waals surface area contributed by atoms with Crippen LogP contribution in [-0.2, 0) is 0 Å². The van der Waals surface area contributed by atoms with E-state index in [9.17, 15) is 4.79 Å². The van der Waals surface area contributed by atoms with E-state index in [1.807, 2.05) is 19.1 Å². The van der Waals surface area contributed by atoms with Crippen LogP contribution in [0.2, 0.25) is 0 Å². The van der Waals surface area contributed by atoms with Crippen LogP contribution in [0, 0.1) is 6.92 Å². The SMILES string of the molecule is COc1cc(C)ccc1-c1nc(C(=O)O)co1. The molecule has 0 aliphatic rings. The molecule has 0 bridgehead atoms. The Bertz CT molecular complexity index is 559. The number of aromatic nitrogens is 1. The molecular weight excluding hydrogens is 222 g/mol. The van der Waals surface area contributed by atoms with Crippen LogP contribution < -0.4 is 4.74 Å². The van der Waals surface area contributed by atoms with Gasteiger partial charge in [0.15, 0.2) is 5.69 Å². The molecule has 0 atom stereocenters. The van der Waals surface area contributed by atoms with Gasteiger partial charge in [-0.25, -0.2) is 9.78 Å². The number of carbonyl (C=O) groups is 1. The van der Waals surface area contributed by atoms with Gasteiger partial charge in [0.1, 0.15) is 12.0 Å². The molecule has 5 nitrogen and oxygen atoms in total. The fraction of sp³-hybridized carbons (Fsp3) is 0.167. The first-order valence-electron chi connectivity index (χ1n) is 4.95. The lowest BCUT2D eigenvalue weighted by Crippen LogP contribution is -1.96. The van der Waals surface area contributed by atoms with Gasteiger partial charge in [0, 0.05) is 0 Å². The summed E-state index contributed by atoms with van der Waals surface area (Å²) in [5.41, 5.74) is 1.55. The average Bonchev–Trinajstić information content (AvgIpc) is 2.78. The largest absolute Gasteiger partial charge is 0.496 e. The van der Waals surface area contributed by atoms with Crippen molar-refractivity contribution in [1.29, 1.82) is 0 Å². The molecule has 0 saturated heterocycles. The lowest BCUT2D eigenvalue weighted by Gasteiger charge is -2.05. The molecule has 1 heterocycles. The molecule has 0 saturated carbocycles. The van der Waals surface area contributed by atoms with Crippen molar-refractivity contribution in [3.63, 3.8) is 0 Å². The van der Waals surface area contributed by atoms with Crippen LogP contribution in [-0.4, -0.2) is 23.2 Å². The minimum Gasteiger partial charge on any atom is -0.496 e. The first kappa shape index (κ1) is 11.2. The van der Waals surface area contributed by atoms with Gasteiger partial charge in [0.25, 0.3) is 0 Å². The van der Waals surface area contributed by atoms with Gasteiger partial charge in [-0.3, -0.25) is 0 Å². The van der Waals surface area contributed by atoms with E-state index < -0.39 is 5.97 Å². The molecule has 1 N–H and O–H groups in total. The standard InChI is InChI=1S/C12H11NO4/c1-7-3-4-8(10(5-7)16-2)11-13-9(6-17-11)12(14)15/h3-6H,1-2H3,(H,14,15). The second-order valence-electron chi connectivity index (χ2n) is 3.55. The highest BCUT2D eigenvalue weighted by atomic mass is 16.5. The highest BCUT2D eigenvalue weighted by Gasteiger charge is 2.15. The smallest absolute Gasteiger partial charge is 0.357 e. The van der Waals surface area contributed by atoms with Crippen molar-refractivity contribution >= 4 is 5.97 Å². The highest BCUT2D eigenvalue weighted by molar-refractivity contribution is 5.85. The van der Waals surface area contributed by atoms with E-state index in [1.54, 1.807) is 13.2 Å². The third-order valence-corrected chi connectivity index (χ3v) is 2.31. The second-order valence-corrected chi connectivity index (χ2v) is 3.55. The van der Waals surface area contributed by atoms with E-state index in [4.69, 9.17) is 14.3 Å². The number of benzene rings is 1. The van der Waals surface area contributed by atoms with Gasteiger partial charge >= 0.3 is 5.97 Å². The topological polar surface area (TPSA) is 72.6 Å². The molecule has 1 aromatic carbocycles. The van der Waals surface area contributed by atoms with Crippen LogP contribution in [0.15, 0.2) is 28.9 Å². The quantitative estimate of drug-likeness (QED) is 0.880. The van der Waals surface area contributed by atoms with Gasteiger partial charge in [-0.05, 0) is 24.6 Å². The summed E-state index contributed by atoms with van der Waals surface area (Å²) in [6.07, 6.45) is 1.11. The fourth-order valence-corrected chi connectivity index (χ4v) is 1.47. The molecule has 1 aromatic heterocycles. The van der Waals surface area contributed by atoms with E-state index in [2.05, 4.69) is 4.98 Å². The van der Waals surface area contributed by atoms with E-state index in [1.165, 1.54) is 0 Å². The maximum absolute atomic E-state index is 10.7. The number of rotatable bonds is 3. The first-order chi connectivity index (χ1) is 8.11. The zero-order valence-corrected chi connectivity index (χ0v) is 9.43. The lowest BCUT2D eigenvalue weighted by atomic mass is 10.1. The van der Waals surface area contributed by atoms with Crippen LogP contribution in [0.4, 0.5) is 0 Å². The lowest BCUT2D eigenvalue weighted by molar-refractivity contribution is 0.0690. The number of carboxylic acids is 1. The summed E-state index contributed by atoms with van der Waals surface area (Å²) in [6.45, 7) is 1.94. The highest BCUT2D eigenvalue weighted by Crippen LogP contribution is 2.30. The molecule has 0 fully saturated rings. The molecule has 0 aliphatic carbocycles. The van der Waals surface area contributed by atoms with E-state index in [0.29, 0.717) is 11.3 Å². The Labute approximate surface area is 97.7 Å². The minimum absolute atomic E-state index is 0.123. The number of oxazole rings is 1. The Morgan fingerprint density at radius 2 is 2.24 bits per heavy atom. The number of hydrogen-bond acceptors (Lipinski definition) is 4. The number of aryl methyl sites for hydroxylation is 1. The van der Waals surface area contributed by atoms with Crippen molar-refractivity contribution < 1.29 is 19.1 Å². The van der Waals surface area contributed by atoms with Gasteiger partial charge in [0.05, 0.1) is 12.7 Å². The first-order valence-corrected chi connectivity index (χ1v) is 4.95. The number of aromatic carboxylic acids is 1. The predicted molar refractivity (Wildman–Crippen MR) is 60.2 cm³/mol. The second kappa shape index (κ2) is 4.29. The van der Waals surface area contributed by atoms with E-state index >= 15 is 0 Å². The number of nitrogens with zero attached hydrogens (tertiary/aromatic N) is 1. The number of hydrogen-bond donors (Lipinski definition) is 1. The summed E-state index contributed by atoms with van der Waals surface area (Å²) in [5.74, 6) is -0.283. The number of methoxy groups -OCH3 is 1. The summed E-state index contributed by atoms with van der Waals surface area (Å²) in [7, 11) is 1.54. The zero-order valence-electron chi connectivity index (χ0n) is 9.43. The Hall–Kier alpha value is -2.30. The molecule has 0 spiro atoms. The van der Waals surface area contributed by atoms with Crippen molar-refractivity contribution in [2.75, 3.05) is 7.11 Å². The van der Waals surface area contributed by atoms with Crippen molar-refractivity contribution in [3.05, 3.63) is 35.7 Å². The van der Waals surface area contributed by atoms with Crippen molar-refractivity contribution in [2.24, 2.45) is 0 Å². The summed E-state index contributed by atoms with van der Waals surface area (Å²) in [5, 5.41) is 8.76. The minimum atomic E-state index is -1.12. The number of ether oxygens (including phenoxy) is 1. The number of carboxylic acid groups (broad SMARTS) is 1. The molecule has 88 valence electrons. The summed E-state index contributed by atoms with van der Waals surface area (Å²) in [4.78, 5) is 14.6. The average molecular weight is 233 g/mol. The van der Waals surface area contributed by atoms with Crippen LogP contribution in [0.5, 0.6) is 5.75 Å². The van der Waals surface area contributed by atoms with Gasteiger partial charge in [-0.1, -0.05) is 6.07 Å². The molecule has 17 heavy (non-hydrogen) atoms. The molecule has 0 amide bonds. The Morgan fingerprint density at radius 3 is 2.82 bits per heavy atom. The Balaban J connectivity index is 2.48. The monoisotopic (exact) mass is 233 g/mol. The third kappa shape index (κ3) is 2.13. The molecule has 0 aliphatic heterocycles. The molecule has 0 unspecified atom stereocenters. The normalized spacial score (nSPS) is 10.2. The molecule has 2 rings (SSSR count). The van der Waals surface area contributed by atoms with Crippen molar-refractivity contribution in [2.45, 2.75) is 6.92 Å². The summed E-state index contributed by atoms with van der Waals surface area (Å²) in [6, 6.07) is 5.49. The van der Waals surface area contributed by atoms with Crippen LogP contribution in [0.25, 0.3) is 11.5 Å². The molecular formula is C12H11NO4. The predicted octanol–water partition coefficient (Wildman–Crippen LogP) is 2.36. The maximum atomic E-state index is 10.7. The molecule has 2 aromatic rings. The van der Waals surface area contributed by atoms with Crippen molar-refractivity contribution in [1.82, 2.24) is 4.98 Å². The molecule has 5 heteroatoms.